The van der Waals surface area contributed by atoms with Gasteiger partial charge in [0.15, 0.2) is 0 Å². The maximum atomic E-state index is 12.2. The van der Waals surface area contributed by atoms with Crippen LogP contribution in [0.1, 0.15) is 28.9 Å². The molecule has 0 spiro atoms. The van der Waals surface area contributed by atoms with Crippen molar-refractivity contribution in [2.24, 2.45) is 0 Å². The second-order valence-corrected chi connectivity index (χ2v) is 5.59. The molecule has 0 heterocycles. The van der Waals surface area contributed by atoms with Crippen molar-refractivity contribution in [2.75, 3.05) is 11.5 Å². The van der Waals surface area contributed by atoms with E-state index in [0.29, 0.717) is 27.0 Å². The van der Waals surface area contributed by atoms with Crippen LogP contribution in [0.2, 0.25) is 10.0 Å². The molecule has 1 unspecified atom stereocenters. The molecule has 2 rings (SSSR count). The van der Waals surface area contributed by atoms with Crippen LogP contribution >= 0.6 is 23.2 Å². The summed E-state index contributed by atoms with van der Waals surface area (Å²) in [6, 6.07) is 9.61. The lowest BCUT2D eigenvalue weighted by atomic mass is 10.1. The molecule has 4 nitrogen and oxygen atoms in total. The van der Waals surface area contributed by atoms with Crippen LogP contribution in [0.25, 0.3) is 0 Å². The van der Waals surface area contributed by atoms with Crippen LogP contribution in [0.4, 0.5) is 11.4 Å². The lowest BCUT2D eigenvalue weighted by molar-refractivity contribution is 0.0940. The number of benzene rings is 2. The van der Waals surface area contributed by atoms with Crippen molar-refractivity contribution in [3.8, 4) is 0 Å². The second-order valence-electron chi connectivity index (χ2n) is 4.75. The summed E-state index contributed by atoms with van der Waals surface area (Å²) < 4.78 is 0. The zero-order chi connectivity index (χ0) is 15.6. The van der Waals surface area contributed by atoms with Crippen molar-refractivity contribution >= 4 is 40.5 Å². The summed E-state index contributed by atoms with van der Waals surface area (Å²) in [7, 11) is 0. The Kier molecular flexibility index (Phi) is 4.60. The number of nitrogens with one attached hydrogen (secondary N) is 1. The molecule has 0 fully saturated rings. The number of nitrogens with two attached hydrogens (primary N) is 2. The number of halogens is 2. The Balaban J connectivity index is 2.18. The summed E-state index contributed by atoms with van der Waals surface area (Å²) >= 11 is 12.0. The van der Waals surface area contributed by atoms with E-state index in [4.69, 9.17) is 34.7 Å². The molecular weight excluding hydrogens is 309 g/mol. The van der Waals surface area contributed by atoms with E-state index in [1.807, 2.05) is 6.92 Å². The highest BCUT2D eigenvalue weighted by atomic mass is 35.5. The molecule has 2 aromatic rings. The fourth-order valence-electron chi connectivity index (χ4n) is 2.02. The van der Waals surface area contributed by atoms with Gasteiger partial charge in [0.25, 0.3) is 5.91 Å². The van der Waals surface area contributed by atoms with E-state index in [9.17, 15) is 4.79 Å². The highest BCUT2D eigenvalue weighted by Gasteiger charge is 2.15. The monoisotopic (exact) mass is 323 g/mol. The van der Waals surface area contributed by atoms with Crippen molar-refractivity contribution in [2.45, 2.75) is 13.0 Å². The van der Waals surface area contributed by atoms with E-state index in [2.05, 4.69) is 5.32 Å². The van der Waals surface area contributed by atoms with Crippen LogP contribution in [0.3, 0.4) is 0 Å². The number of hydrogen-bond acceptors (Lipinski definition) is 3. The molecule has 6 heteroatoms. The van der Waals surface area contributed by atoms with Crippen LogP contribution in [0.5, 0.6) is 0 Å². The minimum atomic E-state index is -0.273. The van der Waals surface area contributed by atoms with Crippen molar-refractivity contribution < 1.29 is 4.79 Å². The van der Waals surface area contributed by atoms with E-state index < -0.39 is 0 Å². The first-order valence-electron chi connectivity index (χ1n) is 6.28. The van der Waals surface area contributed by atoms with Gasteiger partial charge < -0.3 is 16.8 Å². The molecule has 0 aliphatic heterocycles. The number of hydrogen-bond donors (Lipinski definition) is 3. The summed E-state index contributed by atoms with van der Waals surface area (Å²) in [4.78, 5) is 12.2. The maximum absolute atomic E-state index is 12.2. The fraction of sp³-hybridized carbons (Fsp3) is 0.133. The van der Waals surface area contributed by atoms with Gasteiger partial charge in [-0.1, -0.05) is 29.3 Å². The van der Waals surface area contributed by atoms with Crippen LogP contribution in [0.15, 0.2) is 36.4 Å². The Bertz CT molecular complexity index is 668. The first-order chi connectivity index (χ1) is 9.86. The summed E-state index contributed by atoms with van der Waals surface area (Å²) in [6.45, 7) is 1.84. The highest BCUT2D eigenvalue weighted by Crippen LogP contribution is 2.26. The van der Waals surface area contributed by atoms with Gasteiger partial charge in [-0.3, -0.25) is 4.79 Å². The largest absolute Gasteiger partial charge is 0.399 e. The Morgan fingerprint density at radius 3 is 2.29 bits per heavy atom. The number of anilines is 2. The van der Waals surface area contributed by atoms with Crippen LogP contribution < -0.4 is 16.8 Å². The number of carbonyl (C=O) groups excluding carboxylic acids is 1. The lowest BCUT2D eigenvalue weighted by Gasteiger charge is -2.16. The number of nitrogen functional groups attached to an aromatic ring is 2. The lowest BCUT2D eigenvalue weighted by Crippen LogP contribution is -2.27. The summed E-state index contributed by atoms with van der Waals surface area (Å²) in [5.41, 5.74) is 13.4. The van der Waals surface area contributed by atoms with Crippen molar-refractivity contribution in [1.29, 1.82) is 0 Å². The molecule has 0 radical (unpaired) electrons. The molecular formula is C15H15Cl2N3O. The van der Waals surface area contributed by atoms with Gasteiger partial charge in [-0.05, 0) is 42.8 Å². The Morgan fingerprint density at radius 2 is 1.71 bits per heavy atom. The third-order valence-corrected chi connectivity index (χ3v) is 3.58. The van der Waals surface area contributed by atoms with Gasteiger partial charge in [-0.2, -0.15) is 0 Å². The number of rotatable bonds is 3. The van der Waals surface area contributed by atoms with Crippen LogP contribution in [-0.4, -0.2) is 5.91 Å². The van der Waals surface area contributed by atoms with Crippen molar-refractivity contribution in [1.82, 2.24) is 5.32 Å². The topological polar surface area (TPSA) is 81.1 Å². The SMILES string of the molecule is CC(NC(=O)c1cc(N)cc(N)c1)c1ccc(Cl)cc1Cl. The quantitative estimate of drug-likeness (QED) is 0.754. The molecule has 0 saturated heterocycles. The molecule has 0 aromatic heterocycles. The minimum Gasteiger partial charge on any atom is -0.399 e. The Hall–Kier alpha value is -1.91. The van der Waals surface area contributed by atoms with Crippen LogP contribution in [0, 0.1) is 0 Å². The van der Waals surface area contributed by atoms with Gasteiger partial charge in [0.05, 0.1) is 6.04 Å². The molecule has 0 saturated carbocycles. The Labute approximate surface area is 133 Å². The van der Waals surface area contributed by atoms with Crippen LogP contribution in [-0.2, 0) is 0 Å². The number of carbonyl (C=O) groups is 1. The van der Waals surface area contributed by atoms with Gasteiger partial charge in [0.2, 0.25) is 0 Å². The zero-order valence-electron chi connectivity index (χ0n) is 11.4. The second kappa shape index (κ2) is 6.24. The van der Waals surface area contributed by atoms with Gasteiger partial charge >= 0.3 is 0 Å². The summed E-state index contributed by atoms with van der Waals surface area (Å²) in [5, 5.41) is 3.90. The standard InChI is InChI=1S/C15H15Cl2N3O/c1-8(13-3-2-10(16)6-14(13)17)20-15(21)9-4-11(18)7-12(19)5-9/h2-8H,18-19H2,1H3,(H,20,21). The molecule has 5 N–H and O–H groups in total. The van der Waals surface area contributed by atoms with Gasteiger partial charge in [-0.25, -0.2) is 0 Å². The molecule has 2 aromatic carbocycles. The van der Waals surface area contributed by atoms with E-state index in [-0.39, 0.29) is 11.9 Å². The molecule has 21 heavy (non-hydrogen) atoms. The van der Waals surface area contributed by atoms with Gasteiger partial charge in [0.1, 0.15) is 0 Å². The predicted octanol–water partition coefficient (Wildman–Crippen LogP) is 3.65. The molecule has 0 aliphatic rings. The third kappa shape index (κ3) is 3.80. The molecule has 110 valence electrons. The molecule has 1 atom stereocenters. The van der Waals surface area contributed by atoms with Gasteiger partial charge in [0, 0.05) is 27.0 Å². The first-order valence-corrected chi connectivity index (χ1v) is 7.04. The molecule has 0 bridgehead atoms. The Morgan fingerprint density at radius 1 is 1.10 bits per heavy atom. The third-order valence-electron chi connectivity index (χ3n) is 3.02. The zero-order valence-corrected chi connectivity index (χ0v) is 12.9. The van der Waals surface area contributed by atoms with E-state index >= 15 is 0 Å². The van der Waals surface area contributed by atoms with Gasteiger partial charge in [-0.15, -0.1) is 0 Å². The maximum Gasteiger partial charge on any atom is 0.251 e. The molecule has 1 amide bonds. The van der Waals surface area contributed by atoms with Crippen molar-refractivity contribution in [3.63, 3.8) is 0 Å². The predicted molar refractivity (Wildman–Crippen MR) is 87.6 cm³/mol. The van der Waals surface area contributed by atoms with Crippen molar-refractivity contribution in [3.05, 3.63) is 57.6 Å². The normalized spacial score (nSPS) is 12.0. The molecule has 0 aliphatic carbocycles. The van der Waals surface area contributed by atoms with E-state index in [0.717, 1.165) is 5.56 Å². The smallest absolute Gasteiger partial charge is 0.251 e. The fourth-order valence-corrected chi connectivity index (χ4v) is 2.59. The summed E-state index contributed by atoms with van der Waals surface area (Å²) in [6.07, 6.45) is 0. The summed E-state index contributed by atoms with van der Waals surface area (Å²) in [5.74, 6) is -0.271. The van der Waals surface area contributed by atoms with E-state index in [1.54, 1.807) is 36.4 Å². The number of amides is 1. The average Bonchev–Trinajstić information content (AvgIpc) is 2.37. The van der Waals surface area contributed by atoms with E-state index in [1.165, 1.54) is 0 Å². The average molecular weight is 324 g/mol. The first kappa shape index (κ1) is 15.5. The minimum absolute atomic E-state index is 0.271. The highest BCUT2D eigenvalue weighted by molar-refractivity contribution is 6.35.